The van der Waals surface area contributed by atoms with Crippen LogP contribution in [-0.2, 0) is 27.8 Å². The van der Waals surface area contributed by atoms with Crippen molar-refractivity contribution in [3.8, 4) is 0 Å². The van der Waals surface area contributed by atoms with Crippen LogP contribution in [0.3, 0.4) is 0 Å². The van der Waals surface area contributed by atoms with Gasteiger partial charge in [-0.25, -0.2) is 8.42 Å². The van der Waals surface area contributed by atoms with Crippen molar-refractivity contribution in [2.45, 2.75) is 19.4 Å². The van der Waals surface area contributed by atoms with E-state index in [2.05, 4.69) is 5.32 Å². The van der Waals surface area contributed by atoms with Gasteiger partial charge in [-0.1, -0.05) is 60.1 Å². The Labute approximate surface area is 160 Å². The molecule has 0 saturated carbocycles. The maximum atomic E-state index is 12.2. The van der Waals surface area contributed by atoms with E-state index in [0.717, 1.165) is 23.8 Å². The topological polar surface area (TPSA) is 66.5 Å². The van der Waals surface area contributed by atoms with Crippen LogP contribution in [0.4, 0.5) is 0 Å². The lowest BCUT2D eigenvalue weighted by atomic mass is 10.1. The molecule has 0 aliphatic rings. The zero-order valence-corrected chi connectivity index (χ0v) is 16.3. The summed E-state index contributed by atoms with van der Waals surface area (Å²) in [6.45, 7) is 0.367. The smallest absolute Gasteiger partial charge is 0.235 e. The summed E-state index contributed by atoms with van der Waals surface area (Å²) >= 11 is 6.06. The van der Waals surface area contributed by atoms with Gasteiger partial charge in [-0.05, 0) is 30.0 Å². The molecular weight excluding hydrogens is 372 g/mol. The highest BCUT2D eigenvalue weighted by molar-refractivity contribution is 7.88. The van der Waals surface area contributed by atoms with Crippen LogP contribution in [0.25, 0.3) is 0 Å². The van der Waals surface area contributed by atoms with E-state index in [-0.39, 0.29) is 19.0 Å². The summed E-state index contributed by atoms with van der Waals surface area (Å²) in [5.41, 5.74) is 1.93. The van der Waals surface area contributed by atoms with Crippen molar-refractivity contribution in [1.82, 2.24) is 9.62 Å². The highest BCUT2D eigenvalue weighted by Gasteiger charge is 2.19. The van der Waals surface area contributed by atoms with E-state index in [0.29, 0.717) is 18.0 Å². The van der Waals surface area contributed by atoms with Gasteiger partial charge in [0.25, 0.3) is 0 Å². The third-order valence-electron chi connectivity index (χ3n) is 3.94. The second kappa shape index (κ2) is 9.71. The number of halogens is 1. The minimum absolute atomic E-state index is 0.196. The van der Waals surface area contributed by atoms with Crippen LogP contribution in [0.2, 0.25) is 5.02 Å². The number of nitrogens with one attached hydrogen (secondary N) is 1. The molecule has 2 aromatic rings. The van der Waals surface area contributed by atoms with E-state index < -0.39 is 10.0 Å². The minimum Gasteiger partial charge on any atom is -0.351 e. The Hall–Kier alpha value is -1.89. The summed E-state index contributed by atoms with van der Waals surface area (Å²) in [5.74, 6) is -0.352. The van der Waals surface area contributed by atoms with Gasteiger partial charge in [-0.2, -0.15) is 4.31 Å². The molecule has 0 aliphatic heterocycles. The summed E-state index contributed by atoms with van der Waals surface area (Å²) in [4.78, 5) is 12.2. The predicted molar refractivity (Wildman–Crippen MR) is 104 cm³/mol. The van der Waals surface area contributed by atoms with Crippen molar-refractivity contribution < 1.29 is 13.2 Å². The van der Waals surface area contributed by atoms with E-state index in [1.54, 1.807) is 6.07 Å². The van der Waals surface area contributed by atoms with E-state index in [9.17, 15) is 13.2 Å². The number of hydrogen-bond donors (Lipinski definition) is 1. The SMILES string of the molecule is CS(=O)(=O)N(CCCc1ccccc1)CC(=O)NCc1ccccc1Cl. The van der Waals surface area contributed by atoms with E-state index in [1.165, 1.54) is 4.31 Å². The van der Waals surface area contributed by atoms with Crippen molar-refractivity contribution in [1.29, 1.82) is 0 Å². The second-order valence-corrected chi connectivity index (χ2v) is 8.44. The average molecular weight is 395 g/mol. The highest BCUT2D eigenvalue weighted by Crippen LogP contribution is 2.14. The number of sulfonamides is 1. The van der Waals surface area contributed by atoms with E-state index in [1.807, 2.05) is 48.5 Å². The molecule has 0 radical (unpaired) electrons. The van der Waals surface area contributed by atoms with Crippen LogP contribution in [0.5, 0.6) is 0 Å². The zero-order valence-electron chi connectivity index (χ0n) is 14.7. The summed E-state index contributed by atoms with van der Waals surface area (Å²) in [6, 6.07) is 17.0. The Morgan fingerprint density at radius 1 is 1.08 bits per heavy atom. The molecule has 2 aromatic carbocycles. The molecule has 26 heavy (non-hydrogen) atoms. The van der Waals surface area contributed by atoms with Gasteiger partial charge in [0.05, 0.1) is 12.8 Å². The molecule has 0 aliphatic carbocycles. The second-order valence-electron chi connectivity index (χ2n) is 6.05. The van der Waals surface area contributed by atoms with Gasteiger partial charge in [-0.15, -0.1) is 0 Å². The molecule has 0 unspecified atom stereocenters. The Bertz CT molecular complexity index is 826. The Balaban J connectivity index is 1.86. The first-order chi connectivity index (χ1) is 12.4. The number of amides is 1. The first kappa shape index (κ1) is 20.4. The minimum atomic E-state index is -3.46. The number of rotatable bonds is 9. The van der Waals surface area contributed by atoms with Crippen molar-refractivity contribution in [3.05, 3.63) is 70.7 Å². The molecule has 0 heterocycles. The maximum Gasteiger partial charge on any atom is 0.235 e. The van der Waals surface area contributed by atoms with E-state index >= 15 is 0 Å². The third-order valence-corrected chi connectivity index (χ3v) is 5.56. The molecule has 0 spiro atoms. The van der Waals surface area contributed by atoms with Crippen LogP contribution in [0.15, 0.2) is 54.6 Å². The summed E-state index contributed by atoms with van der Waals surface area (Å²) in [6.07, 6.45) is 2.53. The van der Waals surface area contributed by atoms with Crippen LogP contribution in [0.1, 0.15) is 17.5 Å². The number of carbonyl (C=O) groups excluding carboxylic acids is 1. The predicted octanol–water partition coefficient (Wildman–Crippen LogP) is 2.85. The van der Waals surface area contributed by atoms with Gasteiger partial charge < -0.3 is 5.32 Å². The average Bonchev–Trinajstić information content (AvgIpc) is 2.60. The van der Waals surface area contributed by atoms with Crippen LogP contribution >= 0.6 is 11.6 Å². The monoisotopic (exact) mass is 394 g/mol. The Kier molecular flexibility index (Phi) is 7.63. The van der Waals surface area contributed by atoms with Crippen molar-refractivity contribution in [2.24, 2.45) is 0 Å². The normalized spacial score (nSPS) is 11.5. The lowest BCUT2D eigenvalue weighted by Gasteiger charge is -2.19. The number of hydrogen-bond acceptors (Lipinski definition) is 3. The lowest BCUT2D eigenvalue weighted by molar-refractivity contribution is -0.121. The molecule has 0 aromatic heterocycles. The van der Waals surface area contributed by atoms with Crippen molar-refractivity contribution in [3.63, 3.8) is 0 Å². The van der Waals surface area contributed by atoms with Gasteiger partial charge in [-0.3, -0.25) is 4.79 Å². The largest absolute Gasteiger partial charge is 0.351 e. The maximum absolute atomic E-state index is 12.2. The fraction of sp³-hybridized carbons (Fsp3) is 0.316. The molecule has 1 amide bonds. The number of aryl methyl sites for hydroxylation is 1. The molecule has 7 heteroatoms. The molecule has 5 nitrogen and oxygen atoms in total. The molecule has 0 atom stereocenters. The number of carbonyl (C=O) groups is 1. The molecular formula is C19H23ClN2O3S. The van der Waals surface area contributed by atoms with Crippen LogP contribution < -0.4 is 5.32 Å². The fourth-order valence-corrected chi connectivity index (χ4v) is 3.53. The molecule has 0 saturated heterocycles. The number of benzene rings is 2. The van der Waals surface area contributed by atoms with Gasteiger partial charge in [0, 0.05) is 18.1 Å². The van der Waals surface area contributed by atoms with E-state index in [4.69, 9.17) is 11.6 Å². The zero-order chi connectivity index (χ0) is 19.0. The first-order valence-corrected chi connectivity index (χ1v) is 10.6. The van der Waals surface area contributed by atoms with Crippen LogP contribution in [-0.4, -0.2) is 38.0 Å². The van der Waals surface area contributed by atoms with Gasteiger partial charge in [0.1, 0.15) is 0 Å². The molecule has 1 N–H and O–H groups in total. The fourth-order valence-electron chi connectivity index (χ4n) is 2.52. The van der Waals surface area contributed by atoms with Crippen molar-refractivity contribution in [2.75, 3.05) is 19.3 Å². The van der Waals surface area contributed by atoms with Gasteiger partial charge in [0.15, 0.2) is 0 Å². The Morgan fingerprint density at radius 3 is 2.38 bits per heavy atom. The van der Waals surface area contributed by atoms with Gasteiger partial charge >= 0.3 is 0 Å². The Morgan fingerprint density at radius 2 is 1.73 bits per heavy atom. The van der Waals surface area contributed by atoms with Crippen molar-refractivity contribution >= 4 is 27.5 Å². The molecule has 0 fully saturated rings. The van der Waals surface area contributed by atoms with Gasteiger partial charge in [0.2, 0.25) is 15.9 Å². The molecule has 0 bridgehead atoms. The summed E-state index contributed by atoms with van der Waals surface area (Å²) in [7, 11) is -3.46. The summed E-state index contributed by atoms with van der Waals surface area (Å²) < 4.78 is 25.1. The molecule has 2 rings (SSSR count). The summed E-state index contributed by atoms with van der Waals surface area (Å²) in [5, 5.41) is 3.29. The third kappa shape index (κ3) is 6.78. The molecule has 140 valence electrons. The van der Waals surface area contributed by atoms with Crippen LogP contribution in [0, 0.1) is 0 Å². The highest BCUT2D eigenvalue weighted by atomic mass is 35.5. The lowest BCUT2D eigenvalue weighted by Crippen LogP contribution is -2.40. The number of nitrogens with zero attached hydrogens (tertiary/aromatic N) is 1. The quantitative estimate of drug-likeness (QED) is 0.711. The standard InChI is InChI=1S/C19H23ClN2O3S/c1-26(24,25)22(13-7-10-16-8-3-2-4-9-16)15-19(23)21-14-17-11-5-6-12-18(17)20/h2-6,8-9,11-12H,7,10,13-15H2,1H3,(H,21,23). The first-order valence-electron chi connectivity index (χ1n) is 8.35.